The van der Waals surface area contributed by atoms with E-state index in [0.29, 0.717) is 23.9 Å². The van der Waals surface area contributed by atoms with Crippen LogP contribution < -0.4 is 5.32 Å². The first kappa shape index (κ1) is 68.0. The lowest BCUT2D eigenvalue weighted by Crippen LogP contribution is -2.46. The van der Waals surface area contributed by atoms with Gasteiger partial charge < -0.3 is 19.8 Å². The van der Waals surface area contributed by atoms with Crippen LogP contribution >= 0.6 is 7.82 Å². The van der Waals surface area contributed by atoms with E-state index >= 15 is 0 Å². The molecule has 0 radical (unpaired) electrons. The number of phosphoric ester groups is 1. The molecule has 0 bridgehead atoms. The number of nitrogens with zero attached hydrogens (tertiary/aromatic N) is 1. The van der Waals surface area contributed by atoms with E-state index in [1.54, 1.807) is 0 Å². The number of carbonyl (C=O) groups excluding carboxylic acids is 1. The van der Waals surface area contributed by atoms with Gasteiger partial charge in [0, 0.05) is 6.42 Å². The van der Waals surface area contributed by atoms with Crippen molar-refractivity contribution >= 4 is 13.7 Å². The topological polar surface area (TPSA) is 105 Å². The summed E-state index contributed by atoms with van der Waals surface area (Å²) < 4.78 is 23.8. The molecule has 0 fully saturated rings. The number of hydrogen-bond acceptors (Lipinski definition) is 5. The van der Waals surface area contributed by atoms with Crippen molar-refractivity contribution in [3.63, 3.8) is 0 Å². The van der Waals surface area contributed by atoms with Gasteiger partial charge in [0.2, 0.25) is 5.91 Å². The zero-order valence-corrected chi connectivity index (χ0v) is 47.7. The first-order chi connectivity index (χ1) is 33.5. The Morgan fingerprint density at radius 1 is 0.493 bits per heavy atom. The molecule has 0 saturated heterocycles. The zero-order chi connectivity index (χ0) is 50.6. The van der Waals surface area contributed by atoms with Gasteiger partial charge in [-0.3, -0.25) is 13.8 Å². The molecule has 3 N–H and O–H groups in total. The van der Waals surface area contributed by atoms with E-state index in [9.17, 15) is 19.4 Å². The van der Waals surface area contributed by atoms with Gasteiger partial charge in [-0.1, -0.05) is 276 Å². The molecule has 0 saturated carbocycles. The lowest BCUT2D eigenvalue weighted by molar-refractivity contribution is -0.870. The van der Waals surface area contributed by atoms with Crippen LogP contribution in [0.15, 0.2) is 24.3 Å². The summed E-state index contributed by atoms with van der Waals surface area (Å²) in [7, 11) is 1.63. The van der Waals surface area contributed by atoms with Crippen LogP contribution in [0.25, 0.3) is 0 Å². The molecular formula is C60H120N2O6P+. The lowest BCUT2D eigenvalue weighted by Gasteiger charge is -2.26. The normalized spacial score (nSPS) is 14.0. The van der Waals surface area contributed by atoms with Crippen LogP contribution in [0.1, 0.15) is 303 Å². The number of aliphatic hydroxyl groups is 1. The summed E-state index contributed by atoms with van der Waals surface area (Å²) in [4.78, 5) is 23.3. The number of likely N-dealkylation sites (N-methyl/N-ethyl adjacent to an activating group) is 1. The highest BCUT2D eigenvalue weighted by Crippen LogP contribution is 2.43. The number of phosphoric acid groups is 1. The highest BCUT2D eigenvalue weighted by atomic mass is 31.2. The molecule has 0 aromatic heterocycles. The third-order valence-electron chi connectivity index (χ3n) is 14.0. The number of rotatable bonds is 56. The number of hydrogen-bond donors (Lipinski definition) is 3. The number of allylic oxidation sites excluding steroid dienone is 4. The van der Waals surface area contributed by atoms with Gasteiger partial charge in [-0.25, -0.2) is 4.57 Å². The summed E-state index contributed by atoms with van der Waals surface area (Å²) in [6, 6.07) is -0.758. The maximum Gasteiger partial charge on any atom is 0.472 e. The van der Waals surface area contributed by atoms with Crippen molar-refractivity contribution in [2.45, 2.75) is 315 Å². The molecule has 0 aliphatic rings. The van der Waals surface area contributed by atoms with Crippen LogP contribution in [0.4, 0.5) is 0 Å². The number of amides is 1. The summed E-state index contributed by atoms with van der Waals surface area (Å²) in [6.45, 7) is 4.92. The molecule has 0 heterocycles. The molecule has 0 aromatic carbocycles. The van der Waals surface area contributed by atoms with E-state index in [4.69, 9.17) is 9.05 Å². The molecule has 0 rings (SSSR count). The van der Waals surface area contributed by atoms with Crippen molar-refractivity contribution < 1.29 is 32.9 Å². The van der Waals surface area contributed by atoms with Crippen LogP contribution in [0, 0.1) is 0 Å². The standard InChI is InChI=1S/C60H119N2O6P/c1-6-8-10-12-14-16-18-20-22-23-24-25-26-27-28-29-30-31-32-33-34-35-36-37-38-39-40-42-44-46-48-50-52-54-60(64)61-58(57-68-69(65,66)67-56-55-62(3,4)5)59(63)53-51-49-47-45-43-41-21-19-17-15-13-11-9-7-2/h24-25,27-28,58-59,63H,6-23,26,29-57H2,1-5H3,(H-,61,64,65,66)/p+1/b25-24-,28-27-. The second-order valence-electron chi connectivity index (χ2n) is 22.1. The van der Waals surface area contributed by atoms with E-state index in [2.05, 4.69) is 43.5 Å². The van der Waals surface area contributed by atoms with Crippen molar-refractivity contribution in [1.82, 2.24) is 5.32 Å². The van der Waals surface area contributed by atoms with E-state index in [-0.39, 0.29) is 19.1 Å². The average molecular weight is 997 g/mol. The molecule has 0 aromatic rings. The van der Waals surface area contributed by atoms with E-state index in [1.165, 1.54) is 231 Å². The SMILES string of the molecule is CCCCCCCCCCC/C=C\C/C=C\CCCCCCCCCCCCCCCCCCCC(=O)NC(COP(=O)(O)OCC[N+](C)(C)C)C(O)CCCCCCCCCCCCCCCC. The summed E-state index contributed by atoms with van der Waals surface area (Å²) >= 11 is 0. The quantitative estimate of drug-likeness (QED) is 0.0243. The highest BCUT2D eigenvalue weighted by molar-refractivity contribution is 7.47. The Labute approximate surface area is 430 Å². The fourth-order valence-electron chi connectivity index (χ4n) is 9.20. The van der Waals surface area contributed by atoms with Crippen LogP contribution in [0.2, 0.25) is 0 Å². The van der Waals surface area contributed by atoms with Gasteiger partial charge in [-0.05, 0) is 44.9 Å². The third kappa shape index (κ3) is 54.6. The zero-order valence-electron chi connectivity index (χ0n) is 46.8. The van der Waals surface area contributed by atoms with Gasteiger partial charge in [-0.2, -0.15) is 0 Å². The van der Waals surface area contributed by atoms with Crippen molar-refractivity contribution in [2.75, 3.05) is 40.9 Å². The minimum atomic E-state index is -4.32. The third-order valence-corrected chi connectivity index (χ3v) is 14.9. The predicted octanol–water partition coefficient (Wildman–Crippen LogP) is 18.4. The van der Waals surface area contributed by atoms with Crippen molar-refractivity contribution in [3.05, 3.63) is 24.3 Å². The van der Waals surface area contributed by atoms with Gasteiger partial charge in [-0.15, -0.1) is 0 Å². The molecule has 0 spiro atoms. The Morgan fingerprint density at radius 3 is 1.19 bits per heavy atom. The number of aliphatic hydroxyl groups excluding tert-OH is 1. The number of carbonyl (C=O) groups is 1. The Balaban J connectivity index is 3.98. The molecule has 3 unspecified atom stereocenters. The maximum atomic E-state index is 13.0. The van der Waals surface area contributed by atoms with Gasteiger partial charge in [0.1, 0.15) is 13.2 Å². The Morgan fingerprint density at radius 2 is 0.826 bits per heavy atom. The first-order valence-corrected chi connectivity index (χ1v) is 31.7. The van der Waals surface area contributed by atoms with Gasteiger partial charge in [0.25, 0.3) is 0 Å². The van der Waals surface area contributed by atoms with Gasteiger partial charge in [0.15, 0.2) is 0 Å². The number of unbranched alkanes of at least 4 members (excludes halogenated alkanes) is 39. The van der Waals surface area contributed by atoms with Crippen LogP contribution in [-0.4, -0.2) is 73.4 Å². The smallest absolute Gasteiger partial charge is 0.391 e. The summed E-state index contributed by atoms with van der Waals surface area (Å²) in [5, 5.41) is 14.0. The number of nitrogens with one attached hydrogen (secondary N) is 1. The second-order valence-corrected chi connectivity index (χ2v) is 23.5. The molecule has 0 aliphatic heterocycles. The fourth-order valence-corrected chi connectivity index (χ4v) is 9.93. The molecule has 1 amide bonds. The largest absolute Gasteiger partial charge is 0.472 e. The van der Waals surface area contributed by atoms with Crippen molar-refractivity contribution in [3.8, 4) is 0 Å². The van der Waals surface area contributed by atoms with Gasteiger partial charge >= 0.3 is 7.82 Å². The molecule has 9 heteroatoms. The van der Waals surface area contributed by atoms with Crippen LogP contribution in [0.5, 0.6) is 0 Å². The molecule has 8 nitrogen and oxygen atoms in total. The molecule has 3 atom stereocenters. The van der Waals surface area contributed by atoms with Crippen molar-refractivity contribution in [1.29, 1.82) is 0 Å². The Bertz CT molecular complexity index is 1170. The lowest BCUT2D eigenvalue weighted by atomic mass is 10.0. The Hall–Kier alpha value is -1.02. The van der Waals surface area contributed by atoms with Gasteiger partial charge in [0.05, 0.1) is 39.9 Å². The summed E-state index contributed by atoms with van der Waals surface area (Å²) in [6.07, 6.45) is 65.4. The minimum absolute atomic E-state index is 0.0768. The van der Waals surface area contributed by atoms with Crippen LogP contribution in [0.3, 0.4) is 0 Å². The first-order valence-electron chi connectivity index (χ1n) is 30.2. The summed E-state index contributed by atoms with van der Waals surface area (Å²) in [5.74, 6) is -0.140. The maximum absolute atomic E-state index is 13.0. The number of quaternary nitrogens is 1. The Kier molecular flexibility index (Phi) is 51.1. The molecular weight excluding hydrogens is 876 g/mol. The monoisotopic (exact) mass is 996 g/mol. The fraction of sp³-hybridized carbons (Fsp3) is 0.917. The summed E-state index contributed by atoms with van der Waals surface area (Å²) in [5.41, 5.74) is 0. The molecule has 410 valence electrons. The van der Waals surface area contributed by atoms with E-state index in [0.717, 1.165) is 44.9 Å². The van der Waals surface area contributed by atoms with Crippen LogP contribution in [-0.2, 0) is 18.4 Å². The van der Waals surface area contributed by atoms with E-state index < -0.39 is 20.0 Å². The van der Waals surface area contributed by atoms with Crippen molar-refractivity contribution in [2.24, 2.45) is 0 Å². The molecule has 0 aliphatic carbocycles. The van der Waals surface area contributed by atoms with E-state index in [1.807, 2.05) is 21.1 Å². The predicted molar refractivity (Wildman–Crippen MR) is 300 cm³/mol. The highest BCUT2D eigenvalue weighted by Gasteiger charge is 2.28. The second kappa shape index (κ2) is 51.9. The molecule has 69 heavy (non-hydrogen) atoms. The minimum Gasteiger partial charge on any atom is -0.391 e. The average Bonchev–Trinajstić information content (AvgIpc) is 3.31.